The number of pyridine rings is 2. The Morgan fingerprint density at radius 3 is 2.89 bits per heavy atom. The summed E-state index contributed by atoms with van der Waals surface area (Å²) in [5, 5.41) is 17.0. The molecule has 0 saturated carbocycles. The fourth-order valence-corrected chi connectivity index (χ4v) is 4.96. The molecule has 3 N–H and O–H groups in total. The number of carbonyl (C=O) groups is 2. The van der Waals surface area contributed by atoms with Gasteiger partial charge >= 0.3 is 6.03 Å². The molecule has 2 amide bonds. The van der Waals surface area contributed by atoms with E-state index in [4.69, 9.17) is 4.74 Å². The lowest BCUT2D eigenvalue weighted by molar-refractivity contribution is 0.0960. The van der Waals surface area contributed by atoms with Crippen LogP contribution in [0.4, 0.5) is 26.0 Å². The minimum Gasteiger partial charge on any atom is -0.480 e. The number of fused-ring (bicyclic) bond motifs is 1. The standard InChI is InChI=1S/C24H24FN9O3S/c1-12(2)34-11-27-33-21(34)16-5-4-6-18(28-16)30-23(36)32-24-31-20-17(38-24)8-7-15(29-20)19(35)14-9-13(25)10-26-22(14)37-3/h4-6,9-12,15,29H,7-8H2,1-3H3,(H2,28,30,31,32,36). The molecule has 38 heavy (non-hydrogen) atoms. The molecule has 0 radical (unpaired) electrons. The fraction of sp³-hybridized carbons (Fsp3) is 0.292. The van der Waals surface area contributed by atoms with Gasteiger partial charge in [-0.1, -0.05) is 17.4 Å². The number of rotatable bonds is 7. The Balaban J connectivity index is 1.25. The summed E-state index contributed by atoms with van der Waals surface area (Å²) >= 11 is 1.30. The maximum absolute atomic E-state index is 13.7. The number of nitrogens with zero attached hydrogens (tertiary/aromatic N) is 6. The van der Waals surface area contributed by atoms with Gasteiger partial charge in [0.25, 0.3) is 0 Å². The summed E-state index contributed by atoms with van der Waals surface area (Å²) in [6, 6.07) is 5.33. The second-order valence-corrected chi connectivity index (χ2v) is 9.83. The second kappa shape index (κ2) is 10.5. The first-order valence-corrected chi connectivity index (χ1v) is 12.6. The van der Waals surface area contributed by atoms with E-state index >= 15 is 0 Å². The first-order chi connectivity index (χ1) is 18.3. The molecule has 0 spiro atoms. The highest BCUT2D eigenvalue weighted by Gasteiger charge is 2.30. The van der Waals surface area contributed by atoms with Crippen molar-refractivity contribution in [3.63, 3.8) is 0 Å². The Labute approximate surface area is 220 Å². The predicted octanol–water partition coefficient (Wildman–Crippen LogP) is 4.17. The van der Waals surface area contributed by atoms with E-state index in [0.717, 1.165) is 17.1 Å². The van der Waals surface area contributed by atoms with Crippen molar-refractivity contribution in [2.45, 2.75) is 38.8 Å². The first-order valence-electron chi connectivity index (χ1n) is 11.8. The molecule has 14 heteroatoms. The summed E-state index contributed by atoms with van der Waals surface area (Å²) < 4.78 is 20.7. The minimum atomic E-state index is -0.636. The van der Waals surface area contributed by atoms with Gasteiger partial charge in [0.1, 0.15) is 29.5 Å². The van der Waals surface area contributed by atoms with E-state index in [1.165, 1.54) is 18.4 Å². The molecular formula is C24H24FN9O3S. The number of halogens is 1. The topological polar surface area (TPSA) is 149 Å². The Hall–Kier alpha value is -4.46. The number of Topliss-reactive ketones (excluding diaryl/α,β-unsaturated/α-hetero) is 1. The number of carbonyl (C=O) groups excluding carboxylic acids is 2. The third-order valence-corrected chi connectivity index (χ3v) is 6.86. The number of aromatic nitrogens is 6. The van der Waals surface area contributed by atoms with Crippen molar-refractivity contribution in [1.29, 1.82) is 0 Å². The molecule has 0 aromatic carbocycles. The van der Waals surface area contributed by atoms with Crippen LogP contribution in [0.1, 0.15) is 41.5 Å². The van der Waals surface area contributed by atoms with Crippen LogP contribution >= 0.6 is 11.3 Å². The molecule has 0 aliphatic carbocycles. The average Bonchev–Trinajstić information content (AvgIpc) is 3.55. The number of nitrogens with one attached hydrogen (secondary N) is 3. The van der Waals surface area contributed by atoms with Gasteiger partial charge in [-0.3, -0.25) is 15.4 Å². The fourth-order valence-electron chi connectivity index (χ4n) is 4.03. The number of anilines is 3. The molecule has 1 aliphatic heterocycles. The molecule has 4 aromatic heterocycles. The molecule has 0 fully saturated rings. The van der Waals surface area contributed by atoms with E-state index in [9.17, 15) is 14.0 Å². The van der Waals surface area contributed by atoms with E-state index in [-0.39, 0.29) is 23.3 Å². The van der Waals surface area contributed by atoms with Gasteiger partial charge in [-0.05, 0) is 44.9 Å². The molecule has 5 rings (SSSR count). The number of ether oxygens (including phenoxy) is 1. The van der Waals surface area contributed by atoms with Crippen LogP contribution in [0.2, 0.25) is 0 Å². The van der Waals surface area contributed by atoms with Gasteiger partial charge in [0, 0.05) is 6.04 Å². The van der Waals surface area contributed by atoms with Gasteiger partial charge < -0.3 is 14.6 Å². The number of urea groups is 1. The van der Waals surface area contributed by atoms with E-state index in [1.807, 2.05) is 18.4 Å². The van der Waals surface area contributed by atoms with Gasteiger partial charge in [0.15, 0.2) is 16.7 Å². The highest BCUT2D eigenvalue weighted by Crippen LogP contribution is 2.34. The SMILES string of the molecule is COc1ncc(F)cc1C(=O)C1CCc2sc(NC(=O)Nc3cccc(-c4nncn4C(C)C)n3)nc2N1. The molecule has 0 saturated heterocycles. The maximum atomic E-state index is 13.7. The number of aryl methyl sites for hydroxylation is 1. The molecule has 4 aromatic rings. The maximum Gasteiger partial charge on any atom is 0.326 e. The summed E-state index contributed by atoms with van der Waals surface area (Å²) in [4.78, 5) is 39.3. The normalized spacial score (nSPS) is 14.5. The van der Waals surface area contributed by atoms with Crippen molar-refractivity contribution in [3.8, 4) is 17.4 Å². The Bertz CT molecular complexity index is 1500. The van der Waals surface area contributed by atoms with Crippen LogP contribution in [0.5, 0.6) is 5.88 Å². The molecule has 0 bridgehead atoms. The Morgan fingerprint density at radius 2 is 2.11 bits per heavy atom. The van der Waals surface area contributed by atoms with Crippen LogP contribution in [-0.2, 0) is 6.42 Å². The largest absolute Gasteiger partial charge is 0.480 e. The van der Waals surface area contributed by atoms with Crippen molar-refractivity contribution in [3.05, 3.63) is 53.0 Å². The van der Waals surface area contributed by atoms with Crippen molar-refractivity contribution in [2.24, 2.45) is 0 Å². The first kappa shape index (κ1) is 25.2. The second-order valence-electron chi connectivity index (χ2n) is 8.74. The van der Waals surface area contributed by atoms with E-state index in [0.29, 0.717) is 41.1 Å². The van der Waals surface area contributed by atoms with Crippen molar-refractivity contribution in [2.75, 3.05) is 23.1 Å². The quantitative estimate of drug-likeness (QED) is 0.295. The third-order valence-electron chi connectivity index (χ3n) is 5.83. The van der Waals surface area contributed by atoms with Crippen LogP contribution < -0.4 is 20.7 Å². The molecular weight excluding hydrogens is 513 g/mol. The van der Waals surface area contributed by atoms with Gasteiger partial charge in [-0.25, -0.2) is 24.1 Å². The molecule has 1 aliphatic rings. The van der Waals surface area contributed by atoms with E-state index in [1.54, 1.807) is 24.5 Å². The van der Waals surface area contributed by atoms with Crippen LogP contribution in [-0.4, -0.2) is 54.7 Å². The summed E-state index contributed by atoms with van der Waals surface area (Å²) in [7, 11) is 1.37. The lowest BCUT2D eigenvalue weighted by Gasteiger charge is -2.22. The molecule has 1 unspecified atom stereocenters. The van der Waals surface area contributed by atoms with E-state index in [2.05, 4.69) is 41.1 Å². The zero-order valence-electron chi connectivity index (χ0n) is 20.7. The van der Waals surface area contributed by atoms with Gasteiger partial charge in [-0.2, -0.15) is 0 Å². The molecule has 196 valence electrons. The zero-order chi connectivity index (χ0) is 26.8. The smallest absolute Gasteiger partial charge is 0.326 e. The predicted molar refractivity (Wildman–Crippen MR) is 139 cm³/mol. The number of amides is 2. The van der Waals surface area contributed by atoms with Gasteiger partial charge in [-0.15, -0.1) is 10.2 Å². The lowest BCUT2D eigenvalue weighted by atomic mass is 9.98. The van der Waals surface area contributed by atoms with Crippen molar-refractivity contribution in [1.82, 2.24) is 29.7 Å². The highest BCUT2D eigenvalue weighted by atomic mass is 32.1. The van der Waals surface area contributed by atoms with Crippen LogP contribution in [0.15, 0.2) is 36.8 Å². The Kier molecular flexibility index (Phi) is 6.96. The highest BCUT2D eigenvalue weighted by molar-refractivity contribution is 7.16. The summed E-state index contributed by atoms with van der Waals surface area (Å²) in [5.41, 5.74) is 0.631. The van der Waals surface area contributed by atoms with Crippen molar-refractivity contribution < 1.29 is 18.7 Å². The number of methoxy groups -OCH3 is 1. The van der Waals surface area contributed by atoms with Crippen LogP contribution in [0.3, 0.4) is 0 Å². The van der Waals surface area contributed by atoms with Gasteiger partial charge in [0.2, 0.25) is 5.88 Å². The van der Waals surface area contributed by atoms with Crippen LogP contribution in [0, 0.1) is 5.82 Å². The third kappa shape index (κ3) is 5.16. The molecule has 5 heterocycles. The molecule has 12 nitrogen and oxygen atoms in total. The summed E-state index contributed by atoms with van der Waals surface area (Å²) in [6.45, 7) is 4.02. The summed E-state index contributed by atoms with van der Waals surface area (Å²) in [5.74, 6) is 0.506. The Morgan fingerprint density at radius 1 is 1.26 bits per heavy atom. The lowest BCUT2D eigenvalue weighted by Crippen LogP contribution is -2.33. The minimum absolute atomic E-state index is 0.0581. The number of hydrogen-bond acceptors (Lipinski definition) is 10. The number of ketones is 1. The van der Waals surface area contributed by atoms with Crippen molar-refractivity contribution >= 4 is 39.9 Å². The van der Waals surface area contributed by atoms with Gasteiger partial charge in [0.05, 0.1) is 29.8 Å². The molecule has 1 atom stereocenters. The zero-order valence-corrected chi connectivity index (χ0v) is 21.5. The number of hydrogen-bond donors (Lipinski definition) is 3. The monoisotopic (exact) mass is 537 g/mol. The van der Waals surface area contributed by atoms with E-state index < -0.39 is 17.9 Å². The average molecular weight is 538 g/mol. The number of thiazole rings is 1. The van der Waals surface area contributed by atoms with Crippen LogP contribution in [0.25, 0.3) is 11.5 Å². The summed E-state index contributed by atoms with van der Waals surface area (Å²) in [6.07, 6.45) is 3.66.